The van der Waals surface area contributed by atoms with E-state index >= 15 is 0 Å². The first-order chi connectivity index (χ1) is 6.02. The molecule has 1 aromatic carbocycles. The van der Waals surface area contributed by atoms with Gasteiger partial charge in [-0.1, -0.05) is 39.1 Å². The van der Waals surface area contributed by atoms with Crippen molar-refractivity contribution >= 4 is 44.9 Å². The minimum atomic E-state index is -1.23. The topological polar surface area (TPSA) is 17.1 Å². The minimum Gasteiger partial charge on any atom is -0.291 e. The normalized spacial score (nSPS) is 10.5. The second kappa shape index (κ2) is 4.40. The summed E-state index contributed by atoms with van der Waals surface area (Å²) in [7, 11) is 0. The Balaban J connectivity index is 3.09. The Bertz CT molecular complexity index is 341. The van der Waals surface area contributed by atoms with Crippen molar-refractivity contribution in [2.24, 2.45) is 0 Å². The third-order valence-corrected chi connectivity index (χ3v) is 2.28. The Hall–Kier alpha value is -0.120. The molecule has 0 heterocycles. The number of carbonyl (C=O) groups is 1. The molecule has 0 spiro atoms. The van der Waals surface area contributed by atoms with Crippen LogP contribution in [0.5, 0.6) is 0 Å². The van der Waals surface area contributed by atoms with Gasteiger partial charge in [0.1, 0.15) is 5.82 Å². The van der Waals surface area contributed by atoms with E-state index in [1.54, 1.807) is 6.07 Å². The van der Waals surface area contributed by atoms with E-state index in [1.165, 1.54) is 12.1 Å². The Morgan fingerprint density at radius 3 is 2.54 bits per heavy atom. The largest absolute Gasteiger partial charge is 0.291 e. The van der Waals surface area contributed by atoms with E-state index in [2.05, 4.69) is 15.9 Å². The number of Topliss-reactive ketones (excluding diaryl/α,β-unsaturated/α-hetero) is 1. The van der Waals surface area contributed by atoms with Crippen molar-refractivity contribution in [1.82, 2.24) is 0 Å². The Kier molecular flexibility index (Phi) is 3.71. The predicted octanol–water partition coefficient (Wildman–Crippen LogP) is 3.57. The van der Waals surface area contributed by atoms with Crippen molar-refractivity contribution in [3.05, 3.63) is 34.1 Å². The standard InChI is InChI=1S/C8H4BrCl2FO/c9-4-1-2-5(6(12)3-4)7(13)8(10)11/h1-3,8H. The highest BCUT2D eigenvalue weighted by Crippen LogP contribution is 2.19. The van der Waals surface area contributed by atoms with E-state index in [0.717, 1.165) is 0 Å². The van der Waals surface area contributed by atoms with Gasteiger partial charge in [0.25, 0.3) is 0 Å². The molecule has 0 bridgehead atoms. The molecule has 0 aromatic heterocycles. The van der Waals surface area contributed by atoms with Crippen LogP contribution in [0.4, 0.5) is 4.39 Å². The van der Waals surface area contributed by atoms with Gasteiger partial charge in [0, 0.05) is 4.47 Å². The van der Waals surface area contributed by atoms with Crippen LogP contribution in [-0.2, 0) is 0 Å². The average molecular weight is 286 g/mol. The molecule has 0 radical (unpaired) electrons. The van der Waals surface area contributed by atoms with Gasteiger partial charge in [0.15, 0.2) is 10.6 Å². The highest BCUT2D eigenvalue weighted by atomic mass is 79.9. The number of rotatable bonds is 2. The van der Waals surface area contributed by atoms with Crippen LogP contribution in [0.2, 0.25) is 0 Å². The van der Waals surface area contributed by atoms with Crippen LogP contribution >= 0.6 is 39.1 Å². The van der Waals surface area contributed by atoms with Gasteiger partial charge in [-0.2, -0.15) is 0 Å². The van der Waals surface area contributed by atoms with E-state index in [1.807, 2.05) is 0 Å². The zero-order valence-corrected chi connectivity index (χ0v) is 9.33. The third-order valence-electron chi connectivity index (χ3n) is 1.39. The molecule has 0 saturated heterocycles. The molecule has 1 aromatic rings. The number of carbonyl (C=O) groups excluding carboxylic acids is 1. The quantitative estimate of drug-likeness (QED) is 0.600. The van der Waals surface area contributed by atoms with E-state index in [9.17, 15) is 9.18 Å². The number of benzene rings is 1. The first kappa shape index (κ1) is 11.0. The molecule has 0 saturated carbocycles. The summed E-state index contributed by atoms with van der Waals surface area (Å²) in [6.45, 7) is 0. The maximum absolute atomic E-state index is 13.1. The Morgan fingerprint density at radius 1 is 1.46 bits per heavy atom. The predicted molar refractivity (Wildman–Crippen MR) is 53.9 cm³/mol. The first-order valence-corrected chi connectivity index (χ1v) is 4.96. The van der Waals surface area contributed by atoms with Gasteiger partial charge in [-0.3, -0.25) is 4.79 Å². The second-order valence-corrected chi connectivity index (χ2v) is 4.30. The molecule has 1 rings (SSSR count). The molecule has 0 aliphatic rings. The molecule has 0 amide bonds. The summed E-state index contributed by atoms with van der Waals surface area (Å²) in [5, 5.41) is 0. The van der Waals surface area contributed by atoms with E-state index in [0.29, 0.717) is 4.47 Å². The molecular formula is C8H4BrCl2FO. The number of hydrogen-bond acceptors (Lipinski definition) is 1. The van der Waals surface area contributed by atoms with Crippen LogP contribution in [0.15, 0.2) is 22.7 Å². The summed E-state index contributed by atoms with van der Waals surface area (Å²) in [4.78, 5) is 9.93. The number of alkyl halides is 2. The Morgan fingerprint density at radius 2 is 2.08 bits per heavy atom. The van der Waals surface area contributed by atoms with Gasteiger partial charge >= 0.3 is 0 Å². The summed E-state index contributed by atoms with van der Waals surface area (Å²) in [6.07, 6.45) is 0. The van der Waals surface area contributed by atoms with Gasteiger partial charge in [0.05, 0.1) is 5.56 Å². The summed E-state index contributed by atoms with van der Waals surface area (Å²) in [5.74, 6) is -1.26. The van der Waals surface area contributed by atoms with Crippen LogP contribution < -0.4 is 0 Å². The maximum atomic E-state index is 13.1. The van der Waals surface area contributed by atoms with Crippen LogP contribution in [0.25, 0.3) is 0 Å². The molecule has 13 heavy (non-hydrogen) atoms. The fourth-order valence-corrected chi connectivity index (χ4v) is 1.38. The zero-order chi connectivity index (χ0) is 10.0. The second-order valence-electron chi connectivity index (χ2n) is 2.29. The lowest BCUT2D eigenvalue weighted by Crippen LogP contribution is -2.10. The summed E-state index contributed by atoms with van der Waals surface area (Å²) in [6, 6.07) is 4.06. The lowest BCUT2D eigenvalue weighted by molar-refractivity contribution is 0.100. The van der Waals surface area contributed by atoms with Crippen molar-refractivity contribution in [2.45, 2.75) is 4.84 Å². The fraction of sp³-hybridized carbons (Fsp3) is 0.125. The summed E-state index contributed by atoms with van der Waals surface area (Å²) in [5.41, 5.74) is -0.0989. The van der Waals surface area contributed by atoms with Crippen molar-refractivity contribution in [1.29, 1.82) is 0 Å². The number of hydrogen-bond donors (Lipinski definition) is 0. The SMILES string of the molecule is O=C(c1ccc(Br)cc1F)C(Cl)Cl. The fourth-order valence-electron chi connectivity index (χ4n) is 0.807. The number of halogens is 4. The minimum absolute atomic E-state index is 0.0989. The summed E-state index contributed by atoms with van der Waals surface area (Å²) < 4.78 is 13.7. The molecular weight excluding hydrogens is 282 g/mol. The molecule has 1 nitrogen and oxygen atoms in total. The molecule has 5 heteroatoms. The van der Waals surface area contributed by atoms with Gasteiger partial charge in [-0.15, -0.1) is 0 Å². The first-order valence-electron chi connectivity index (χ1n) is 3.30. The van der Waals surface area contributed by atoms with Crippen LogP contribution in [-0.4, -0.2) is 10.6 Å². The lowest BCUT2D eigenvalue weighted by Gasteiger charge is -2.02. The molecule has 0 aliphatic heterocycles. The van der Waals surface area contributed by atoms with E-state index in [4.69, 9.17) is 23.2 Å². The zero-order valence-electron chi connectivity index (χ0n) is 6.23. The molecule has 0 N–H and O–H groups in total. The van der Waals surface area contributed by atoms with E-state index < -0.39 is 16.4 Å². The highest BCUT2D eigenvalue weighted by molar-refractivity contribution is 9.10. The smallest absolute Gasteiger partial charge is 0.198 e. The van der Waals surface area contributed by atoms with Crippen molar-refractivity contribution in [3.8, 4) is 0 Å². The van der Waals surface area contributed by atoms with Gasteiger partial charge < -0.3 is 0 Å². The monoisotopic (exact) mass is 284 g/mol. The van der Waals surface area contributed by atoms with Gasteiger partial charge in [-0.25, -0.2) is 4.39 Å². The van der Waals surface area contributed by atoms with Crippen LogP contribution in [0.1, 0.15) is 10.4 Å². The van der Waals surface area contributed by atoms with E-state index in [-0.39, 0.29) is 5.56 Å². The van der Waals surface area contributed by atoms with Crippen LogP contribution in [0, 0.1) is 5.82 Å². The molecule has 70 valence electrons. The lowest BCUT2D eigenvalue weighted by atomic mass is 10.1. The maximum Gasteiger partial charge on any atom is 0.198 e. The molecule has 0 atom stereocenters. The average Bonchev–Trinajstić information content (AvgIpc) is 2.03. The van der Waals surface area contributed by atoms with Gasteiger partial charge in [-0.05, 0) is 18.2 Å². The molecule has 0 unspecified atom stereocenters. The van der Waals surface area contributed by atoms with Crippen molar-refractivity contribution in [3.63, 3.8) is 0 Å². The summed E-state index contributed by atoms with van der Waals surface area (Å²) >= 11 is 13.7. The van der Waals surface area contributed by atoms with Crippen molar-refractivity contribution < 1.29 is 9.18 Å². The van der Waals surface area contributed by atoms with Gasteiger partial charge in [0.2, 0.25) is 0 Å². The third kappa shape index (κ3) is 2.66. The van der Waals surface area contributed by atoms with Crippen LogP contribution in [0.3, 0.4) is 0 Å². The Labute approximate surface area is 93.0 Å². The number of ketones is 1. The molecule has 0 aliphatic carbocycles. The molecule has 0 fully saturated rings. The highest BCUT2D eigenvalue weighted by Gasteiger charge is 2.18. The van der Waals surface area contributed by atoms with Crippen molar-refractivity contribution in [2.75, 3.05) is 0 Å².